The maximum Gasteiger partial charge on any atom is 0.306 e. The molecule has 0 aliphatic heterocycles. The number of hydrogen-bond acceptors (Lipinski definition) is 5. The van der Waals surface area contributed by atoms with Crippen LogP contribution in [0.5, 0.6) is 0 Å². The number of carbonyl (C=O) groups is 2. The average molecular weight is 961 g/mol. The van der Waals surface area contributed by atoms with Crippen molar-refractivity contribution in [2.24, 2.45) is 0 Å². The molecule has 0 aromatic heterocycles. The van der Waals surface area contributed by atoms with E-state index in [1.54, 1.807) is 0 Å². The highest BCUT2D eigenvalue weighted by atomic mass is 16.5. The van der Waals surface area contributed by atoms with Gasteiger partial charge < -0.3 is 20.3 Å². The molecule has 0 fully saturated rings. The number of ether oxygens (including phenoxy) is 1. The van der Waals surface area contributed by atoms with Crippen LogP contribution in [-0.2, 0) is 14.3 Å². The Bertz CT molecular complexity index is 1350. The Balaban J connectivity index is 4.71. The van der Waals surface area contributed by atoms with Gasteiger partial charge in [0, 0.05) is 6.42 Å². The molecule has 6 heteroatoms. The first kappa shape index (κ1) is 65.8. The van der Waals surface area contributed by atoms with Crippen LogP contribution in [0, 0.1) is 0 Å². The topological polar surface area (TPSA) is 95.9 Å². The quantitative estimate of drug-likeness (QED) is 0.0321. The molecule has 0 aromatic rings. The number of unbranched alkanes of at least 4 members (excludes halogenated alkanes) is 23. The molecule has 0 aliphatic carbocycles. The third kappa shape index (κ3) is 51.0. The Hall–Kier alpha value is -3.22. The standard InChI is InChI=1S/C63H109NO5/c1-4-7-10-13-16-19-22-25-28-30-31-33-35-38-41-44-47-50-53-56-63(68)69-59(54-51-48-45-42-39-36-34-32-29-26-23-20-17-14-11-8-5-2)57-62(67)64-60(58-65)61(66)55-52-49-46-43-40-37-27-24-21-18-15-12-9-6-3/h7,10,16-17,19-20,25-26,28-29,31,33,38,41,47,50,59-61,65-66H,4-6,8-9,11-15,18,21-24,27,30,32,34-37,39-40,42-46,48-49,51-58H2,1-3H3,(H,64,67)/b10-7-,19-16-,20-17-,28-25-,29-26-,33-31-,41-38-,50-47-. The van der Waals surface area contributed by atoms with Crippen LogP contribution >= 0.6 is 0 Å². The van der Waals surface area contributed by atoms with Crippen molar-refractivity contribution in [2.75, 3.05) is 6.61 Å². The Labute approximate surface area is 426 Å². The molecular weight excluding hydrogens is 851 g/mol. The molecule has 396 valence electrons. The third-order valence-electron chi connectivity index (χ3n) is 12.7. The van der Waals surface area contributed by atoms with Crippen molar-refractivity contribution in [1.29, 1.82) is 0 Å². The van der Waals surface area contributed by atoms with Crippen molar-refractivity contribution < 1.29 is 24.5 Å². The second kappa shape index (κ2) is 55.7. The number of amides is 1. The molecule has 0 saturated carbocycles. The maximum absolute atomic E-state index is 13.3. The summed E-state index contributed by atoms with van der Waals surface area (Å²) in [5, 5.41) is 23.9. The van der Waals surface area contributed by atoms with E-state index in [1.807, 2.05) is 6.08 Å². The van der Waals surface area contributed by atoms with E-state index >= 15 is 0 Å². The zero-order valence-electron chi connectivity index (χ0n) is 45.2. The zero-order chi connectivity index (χ0) is 50.2. The molecule has 0 rings (SSSR count). The Morgan fingerprint density at radius 1 is 0.435 bits per heavy atom. The van der Waals surface area contributed by atoms with Crippen molar-refractivity contribution in [3.05, 3.63) is 97.2 Å². The van der Waals surface area contributed by atoms with Gasteiger partial charge in [0.25, 0.3) is 0 Å². The summed E-state index contributed by atoms with van der Waals surface area (Å²) in [5.41, 5.74) is 0. The summed E-state index contributed by atoms with van der Waals surface area (Å²) in [6.45, 7) is 6.34. The lowest BCUT2D eigenvalue weighted by atomic mass is 10.0. The van der Waals surface area contributed by atoms with E-state index in [0.29, 0.717) is 19.3 Å². The number of allylic oxidation sites excluding steroid dienone is 16. The van der Waals surface area contributed by atoms with Crippen LogP contribution in [0.4, 0.5) is 0 Å². The van der Waals surface area contributed by atoms with Crippen LogP contribution in [0.25, 0.3) is 0 Å². The lowest BCUT2D eigenvalue weighted by Crippen LogP contribution is -2.46. The number of hydrogen-bond donors (Lipinski definition) is 3. The van der Waals surface area contributed by atoms with Gasteiger partial charge in [0.15, 0.2) is 0 Å². The van der Waals surface area contributed by atoms with Crippen LogP contribution in [0.15, 0.2) is 97.2 Å². The summed E-state index contributed by atoms with van der Waals surface area (Å²) in [7, 11) is 0. The van der Waals surface area contributed by atoms with Gasteiger partial charge in [-0.3, -0.25) is 9.59 Å². The van der Waals surface area contributed by atoms with Gasteiger partial charge in [-0.1, -0.05) is 253 Å². The smallest absolute Gasteiger partial charge is 0.306 e. The number of carbonyl (C=O) groups excluding carboxylic acids is 2. The van der Waals surface area contributed by atoms with Crippen LogP contribution < -0.4 is 5.32 Å². The molecule has 6 nitrogen and oxygen atoms in total. The SMILES string of the molecule is CC/C=C\C/C=C\C/C=C\C/C=C\C/C=C\C/C=C\CCC(=O)OC(CCCCCCCCC/C=C\C/C=C\CCCCC)CC(=O)NC(CO)C(O)CCCCCCCCCCCCCCCC. The van der Waals surface area contributed by atoms with E-state index in [9.17, 15) is 19.8 Å². The van der Waals surface area contributed by atoms with Gasteiger partial charge in [0.2, 0.25) is 5.91 Å². The van der Waals surface area contributed by atoms with Gasteiger partial charge in [-0.05, 0) is 96.3 Å². The highest BCUT2D eigenvalue weighted by Crippen LogP contribution is 2.18. The Morgan fingerprint density at radius 2 is 0.783 bits per heavy atom. The molecule has 0 saturated heterocycles. The summed E-state index contributed by atoms with van der Waals surface area (Å²) < 4.78 is 5.92. The molecule has 0 radical (unpaired) electrons. The van der Waals surface area contributed by atoms with Crippen LogP contribution in [0.2, 0.25) is 0 Å². The fourth-order valence-electron chi connectivity index (χ4n) is 8.31. The number of rotatable bonds is 51. The molecule has 0 heterocycles. The summed E-state index contributed by atoms with van der Waals surface area (Å²) in [6, 6.07) is -0.725. The molecular formula is C63H109NO5. The minimum absolute atomic E-state index is 0.0376. The second-order valence-electron chi connectivity index (χ2n) is 19.3. The van der Waals surface area contributed by atoms with E-state index < -0.39 is 18.2 Å². The fourth-order valence-corrected chi connectivity index (χ4v) is 8.31. The van der Waals surface area contributed by atoms with Gasteiger partial charge in [-0.2, -0.15) is 0 Å². The maximum atomic E-state index is 13.3. The Morgan fingerprint density at radius 3 is 1.22 bits per heavy atom. The van der Waals surface area contributed by atoms with Crippen LogP contribution in [0.1, 0.15) is 265 Å². The zero-order valence-corrected chi connectivity index (χ0v) is 45.2. The van der Waals surface area contributed by atoms with E-state index in [2.05, 4.69) is 117 Å². The number of nitrogens with one attached hydrogen (secondary N) is 1. The summed E-state index contributed by atoms with van der Waals surface area (Å²) in [4.78, 5) is 26.3. The summed E-state index contributed by atoms with van der Waals surface area (Å²) in [5.74, 6) is -0.582. The lowest BCUT2D eigenvalue weighted by Gasteiger charge is -2.24. The fraction of sp³-hybridized carbons (Fsp3) is 0.714. The van der Waals surface area contributed by atoms with Crippen molar-refractivity contribution >= 4 is 11.9 Å². The lowest BCUT2D eigenvalue weighted by molar-refractivity contribution is -0.150. The highest BCUT2D eigenvalue weighted by Gasteiger charge is 2.24. The van der Waals surface area contributed by atoms with Gasteiger partial charge in [-0.15, -0.1) is 0 Å². The van der Waals surface area contributed by atoms with E-state index in [4.69, 9.17) is 4.74 Å². The van der Waals surface area contributed by atoms with E-state index in [-0.39, 0.29) is 31.3 Å². The van der Waals surface area contributed by atoms with Gasteiger partial charge >= 0.3 is 5.97 Å². The number of aliphatic hydroxyl groups is 2. The van der Waals surface area contributed by atoms with Crippen molar-refractivity contribution in [2.45, 2.75) is 283 Å². The predicted octanol–water partition coefficient (Wildman–Crippen LogP) is 18.1. The van der Waals surface area contributed by atoms with Crippen molar-refractivity contribution in [1.82, 2.24) is 5.32 Å². The molecule has 3 unspecified atom stereocenters. The second-order valence-corrected chi connectivity index (χ2v) is 19.3. The minimum Gasteiger partial charge on any atom is -0.462 e. The average Bonchev–Trinajstić information content (AvgIpc) is 3.34. The van der Waals surface area contributed by atoms with Crippen molar-refractivity contribution in [3.8, 4) is 0 Å². The normalized spacial score (nSPS) is 13.9. The van der Waals surface area contributed by atoms with Crippen molar-refractivity contribution in [3.63, 3.8) is 0 Å². The van der Waals surface area contributed by atoms with E-state index in [1.165, 1.54) is 122 Å². The molecule has 0 aliphatic rings. The van der Waals surface area contributed by atoms with Gasteiger partial charge in [0.1, 0.15) is 6.10 Å². The largest absolute Gasteiger partial charge is 0.462 e. The molecule has 69 heavy (non-hydrogen) atoms. The van der Waals surface area contributed by atoms with Gasteiger partial charge in [0.05, 0.1) is 25.2 Å². The number of esters is 1. The van der Waals surface area contributed by atoms with Crippen LogP contribution in [0.3, 0.4) is 0 Å². The van der Waals surface area contributed by atoms with Gasteiger partial charge in [-0.25, -0.2) is 0 Å². The molecule has 1 amide bonds. The molecule has 3 N–H and O–H groups in total. The molecule has 3 atom stereocenters. The third-order valence-corrected chi connectivity index (χ3v) is 12.7. The first-order valence-corrected chi connectivity index (χ1v) is 29.0. The first-order valence-electron chi connectivity index (χ1n) is 29.0. The monoisotopic (exact) mass is 960 g/mol. The first-order chi connectivity index (χ1) is 34.0. The van der Waals surface area contributed by atoms with Crippen LogP contribution in [-0.4, -0.2) is 46.9 Å². The summed E-state index contributed by atoms with van der Waals surface area (Å²) in [6.07, 6.45) is 74.7. The molecule has 0 aromatic carbocycles. The predicted molar refractivity (Wildman–Crippen MR) is 300 cm³/mol. The molecule has 0 spiro atoms. The minimum atomic E-state index is -0.808. The van der Waals surface area contributed by atoms with E-state index in [0.717, 1.165) is 89.9 Å². The molecule has 0 bridgehead atoms. The summed E-state index contributed by atoms with van der Waals surface area (Å²) >= 11 is 0. The Kier molecular flexibility index (Phi) is 53.1. The highest BCUT2D eigenvalue weighted by molar-refractivity contribution is 5.77. The number of aliphatic hydroxyl groups excluding tert-OH is 2.